The zero-order chi connectivity index (χ0) is 5.98. The molecule has 42 valence electrons. The Hall–Kier alpha value is 0.955. The minimum Gasteiger partial charge on any atom is -0.394 e. The third-order valence-electron chi connectivity index (χ3n) is 0.953. The molecule has 0 atom stereocenters. The van der Waals surface area contributed by atoms with Crippen molar-refractivity contribution in [2.45, 2.75) is 13.8 Å². The number of pyridine rings is 1. The molecule has 1 rings (SSSR count). The molecule has 1 aromatic heterocycles. The Morgan fingerprint density at radius 1 is 1.44 bits per heavy atom. The summed E-state index contributed by atoms with van der Waals surface area (Å²) in [6, 6.07) is 2.05. The van der Waals surface area contributed by atoms with Crippen molar-refractivity contribution in [3.05, 3.63) is 29.6 Å². The monoisotopic (exact) mass is 191 g/mol. The van der Waals surface area contributed by atoms with Crippen molar-refractivity contribution in [3.63, 3.8) is 0 Å². The molecule has 0 saturated carbocycles. The summed E-state index contributed by atoms with van der Waals surface area (Å²) in [5, 5.41) is 0. The Bertz CT molecular complexity index is 169. The van der Waals surface area contributed by atoms with Crippen molar-refractivity contribution in [1.82, 2.24) is 4.98 Å². The normalized spacial score (nSPS) is 8.22. The van der Waals surface area contributed by atoms with Crippen molar-refractivity contribution in [2.75, 3.05) is 0 Å². The third kappa shape index (κ3) is 3.61. The predicted molar refractivity (Wildman–Crippen MR) is 32.5 cm³/mol. The Kier molecular flexibility index (Phi) is 5.22. The summed E-state index contributed by atoms with van der Waals surface area (Å²) >= 11 is 0. The van der Waals surface area contributed by atoms with Gasteiger partial charge in [0.15, 0.2) is 0 Å². The van der Waals surface area contributed by atoms with Crippen LogP contribution in [-0.2, 0) is 0 Å². The maximum atomic E-state index is 3.86. The van der Waals surface area contributed by atoms with Crippen LogP contribution >= 0.6 is 0 Å². The van der Waals surface area contributed by atoms with E-state index in [1.54, 1.807) is 6.20 Å². The molecular formula is C7H8NRb. The summed E-state index contributed by atoms with van der Waals surface area (Å²) in [6.45, 7) is 4.01. The van der Waals surface area contributed by atoms with Crippen LogP contribution in [0.25, 0.3) is 0 Å². The second-order valence-corrected chi connectivity index (χ2v) is 1.94. The molecule has 0 radical (unpaired) electrons. The van der Waals surface area contributed by atoms with Gasteiger partial charge in [-0.2, -0.15) is 6.07 Å². The first kappa shape index (κ1) is 9.96. The van der Waals surface area contributed by atoms with Gasteiger partial charge in [-0.3, -0.25) is 0 Å². The van der Waals surface area contributed by atoms with Gasteiger partial charge in [-0.05, 0) is 0 Å². The van der Waals surface area contributed by atoms with Crippen molar-refractivity contribution in [2.24, 2.45) is 0 Å². The summed E-state index contributed by atoms with van der Waals surface area (Å²) in [4.78, 5) is 3.86. The van der Waals surface area contributed by atoms with Crippen LogP contribution in [0.1, 0.15) is 11.1 Å². The van der Waals surface area contributed by atoms with Crippen LogP contribution < -0.4 is 58.2 Å². The number of hydrogen-bond acceptors (Lipinski definition) is 1. The van der Waals surface area contributed by atoms with Crippen LogP contribution in [-0.4, -0.2) is 4.98 Å². The number of aryl methyl sites for hydroxylation is 2. The zero-order valence-electron chi connectivity index (χ0n) is 6.10. The minimum absolute atomic E-state index is 0. The number of aromatic nitrogens is 1. The first-order chi connectivity index (χ1) is 3.79. The molecule has 0 fully saturated rings. The third-order valence-corrected chi connectivity index (χ3v) is 0.953. The zero-order valence-corrected chi connectivity index (χ0v) is 11.0. The van der Waals surface area contributed by atoms with E-state index in [0.29, 0.717) is 0 Å². The van der Waals surface area contributed by atoms with Gasteiger partial charge in [0.25, 0.3) is 0 Å². The summed E-state index contributed by atoms with van der Waals surface area (Å²) < 4.78 is 0. The molecule has 0 aliphatic heterocycles. The van der Waals surface area contributed by atoms with Crippen molar-refractivity contribution >= 4 is 0 Å². The summed E-state index contributed by atoms with van der Waals surface area (Å²) in [5.41, 5.74) is 2.30. The van der Waals surface area contributed by atoms with E-state index in [0.717, 1.165) is 5.56 Å². The largest absolute Gasteiger partial charge is 1.00 e. The minimum atomic E-state index is 0. The van der Waals surface area contributed by atoms with Crippen LogP contribution in [0.4, 0.5) is 0 Å². The van der Waals surface area contributed by atoms with E-state index >= 15 is 0 Å². The molecule has 0 N–H and O–H groups in total. The van der Waals surface area contributed by atoms with Crippen LogP contribution in [0.3, 0.4) is 0 Å². The van der Waals surface area contributed by atoms with E-state index in [9.17, 15) is 0 Å². The molecule has 0 aromatic carbocycles. The van der Waals surface area contributed by atoms with E-state index in [2.05, 4.69) is 11.2 Å². The second-order valence-electron chi connectivity index (χ2n) is 1.94. The fourth-order valence-corrected chi connectivity index (χ4v) is 0.647. The molecule has 0 aliphatic carbocycles. The van der Waals surface area contributed by atoms with Gasteiger partial charge < -0.3 is 4.98 Å². The quantitative estimate of drug-likeness (QED) is 0.455. The molecule has 0 unspecified atom stereocenters. The van der Waals surface area contributed by atoms with E-state index in [4.69, 9.17) is 0 Å². The van der Waals surface area contributed by atoms with E-state index in [1.165, 1.54) is 5.56 Å². The van der Waals surface area contributed by atoms with Crippen molar-refractivity contribution in [1.29, 1.82) is 0 Å². The number of rotatable bonds is 0. The maximum Gasteiger partial charge on any atom is 1.00 e. The molecule has 1 aromatic rings. The molecule has 0 bridgehead atoms. The van der Waals surface area contributed by atoms with Gasteiger partial charge in [0, 0.05) is 0 Å². The van der Waals surface area contributed by atoms with Gasteiger partial charge in [-0.25, -0.2) is 0 Å². The Labute approximate surface area is 105 Å². The molecule has 2 heteroatoms. The Morgan fingerprint density at radius 2 is 2.11 bits per heavy atom. The topological polar surface area (TPSA) is 12.9 Å². The van der Waals surface area contributed by atoms with Gasteiger partial charge >= 0.3 is 58.2 Å². The van der Waals surface area contributed by atoms with Gasteiger partial charge in [-0.15, -0.1) is 11.1 Å². The second kappa shape index (κ2) is 4.72. The molecule has 0 saturated heterocycles. The van der Waals surface area contributed by atoms with Gasteiger partial charge in [0.05, 0.1) is 0 Å². The van der Waals surface area contributed by atoms with E-state index in [1.807, 2.05) is 19.9 Å². The molecular weight excluding hydrogens is 184 g/mol. The summed E-state index contributed by atoms with van der Waals surface area (Å²) in [7, 11) is 0. The fraction of sp³-hybridized carbons (Fsp3) is 0.286. The summed E-state index contributed by atoms with van der Waals surface area (Å²) in [5.74, 6) is 0. The first-order valence-corrected chi connectivity index (χ1v) is 2.60. The van der Waals surface area contributed by atoms with Crippen LogP contribution in [0.2, 0.25) is 0 Å². The van der Waals surface area contributed by atoms with E-state index < -0.39 is 0 Å². The molecule has 0 spiro atoms. The standard InChI is InChI=1S/C7H8N.Rb/c1-6-3-7(2)5-8-4-6;/h3-4H,1-2H3;/q-1;+1. The number of nitrogens with zero attached hydrogens (tertiary/aromatic N) is 1. The maximum absolute atomic E-state index is 3.86. The van der Waals surface area contributed by atoms with Crippen LogP contribution in [0.15, 0.2) is 12.3 Å². The SMILES string of the molecule is Cc1[c-]ncc(C)c1.[Rb+]. The van der Waals surface area contributed by atoms with Gasteiger partial charge in [-0.1, -0.05) is 26.2 Å². The molecule has 0 aliphatic rings. The molecule has 1 nitrogen and oxygen atoms in total. The fourth-order valence-electron chi connectivity index (χ4n) is 0.647. The van der Waals surface area contributed by atoms with Crippen molar-refractivity contribution < 1.29 is 58.2 Å². The Balaban J connectivity index is 0.000000640. The molecule has 9 heavy (non-hydrogen) atoms. The Morgan fingerprint density at radius 3 is 2.44 bits per heavy atom. The average Bonchev–Trinajstić information content (AvgIpc) is 1.64. The summed E-state index contributed by atoms with van der Waals surface area (Å²) in [6.07, 6.45) is 4.62. The average molecular weight is 192 g/mol. The van der Waals surface area contributed by atoms with Crippen LogP contribution in [0.5, 0.6) is 0 Å². The first-order valence-electron chi connectivity index (χ1n) is 2.60. The smallest absolute Gasteiger partial charge is 0.394 e. The molecule has 1 heterocycles. The van der Waals surface area contributed by atoms with E-state index in [-0.39, 0.29) is 58.2 Å². The van der Waals surface area contributed by atoms with Gasteiger partial charge in [0.2, 0.25) is 0 Å². The van der Waals surface area contributed by atoms with Crippen molar-refractivity contribution in [3.8, 4) is 0 Å². The van der Waals surface area contributed by atoms with Gasteiger partial charge in [0.1, 0.15) is 0 Å². The number of hydrogen-bond donors (Lipinski definition) is 0. The predicted octanol–water partition coefficient (Wildman–Crippen LogP) is -1.50. The van der Waals surface area contributed by atoms with Crippen LogP contribution in [0, 0.1) is 20.0 Å². The molecule has 0 amide bonds.